The molecule has 0 aliphatic carbocycles. The Morgan fingerprint density at radius 1 is 1.32 bits per heavy atom. The molecule has 1 heterocycles. The number of aryl methyl sites for hydroxylation is 1. The average Bonchev–Trinajstić information content (AvgIpc) is 2.88. The molecule has 1 aromatic heterocycles. The summed E-state index contributed by atoms with van der Waals surface area (Å²) >= 11 is 0. The molecule has 1 aromatic carbocycles. The molecule has 1 N–H and O–H groups in total. The Morgan fingerprint density at radius 3 is 2.84 bits per heavy atom. The lowest BCUT2D eigenvalue weighted by Crippen LogP contribution is -1.98. The molecule has 0 saturated heterocycles. The zero-order valence-corrected chi connectivity index (χ0v) is 10.9. The zero-order valence-electron chi connectivity index (χ0n) is 10.9. The van der Waals surface area contributed by atoms with E-state index in [-0.39, 0.29) is 5.56 Å². The molecule has 4 heteroatoms. The highest BCUT2D eigenvalue weighted by molar-refractivity contribution is 5.95. The topological polar surface area (TPSA) is 63.3 Å². The molecule has 0 amide bonds. The molecule has 0 bridgehead atoms. The van der Waals surface area contributed by atoms with Crippen LogP contribution in [-0.2, 0) is 6.42 Å². The maximum Gasteiger partial charge on any atom is 0.336 e. The van der Waals surface area contributed by atoms with Gasteiger partial charge in [0.2, 0.25) is 0 Å². The molecule has 0 aliphatic rings. The number of carboxylic acids is 1. The summed E-state index contributed by atoms with van der Waals surface area (Å²) in [6, 6.07) is 8.65. The van der Waals surface area contributed by atoms with Crippen molar-refractivity contribution in [2.24, 2.45) is 0 Å². The van der Waals surface area contributed by atoms with E-state index in [0.717, 1.165) is 31.4 Å². The normalized spacial score (nSPS) is 10.6. The fourth-order valence-corrected chi connectivity index (χ4v) is 2.00. The third kappa shape index (κ3) is 3.22. The van der Waals surface area contributed by atoms with Gasteiger partial charge in [-0.05, 0) is 12.5 Å². The third-order valence-corrected chi connectivity index (χ3v) is 3.02. The third-order valence-electron chi connectivity index (χ3n) is 3.02. The standard InChI is InChI=1S/C15H17NO3/c1-2-3-4-7-11-10-14(16-19-11)12-8-5-6-9-13(12)15(17)18/h5-6,8-10H,2-4,7H2,1H3,(H,17,18). The number of carboxylic acid groups (broad SMARTS) is 1. The second kappa shape index (κ2) is 6.18. The number of nitrogens with zero attached hydrogens (tertiary/aromatic N) is 1. The zero-order chi connectivity index (χ0) is 13.7. The Balaban J connectivity index is 2.21. The summed E-state index contributed by atoms with van der Waals surface area (Å²) < 4.78 is 5.26. The molecule has 19 heavy (non-hydrogen) atoms. The fraction of sp³-hybridized carbons (Fsp3) is 0.333. The van der Waals surface area contributed by atoms with Gasteiger partial charge in [0.05, 0.1) is 5.56 Å². The summed E-state index contributed by atoms with van der Waals surface area (Å²) in [4.78, 5) is 11.2. The largest absolute Gasteiger partial charge is 0.478 e. The summed E-state index contributed by atoms with van der Waals surface area (Å²) in [5, 5.41) is 13.1. The summed E-state index contributed by atoms with van der Waals surface area (Å²) in [5.41, 5.74) is 1.43. The maximum atomic E-state index is 11.2. The first-order chi connectivity index (χ1) is 9.22. The summed E-state index contributed by atoms with van der Waals surface area (Å²) in [7, 11) is 0. The quantitative estimate of drug-likeness (QED) is 0.802. The minimum Gasteiger partial charge on any atom is -0.478 e. The van der Waals surface area contributed by atoms with Gasteiger partial charge in [-0.25, -0.2) is 4.79 Å². The van der Waals surface area contributed by atoms with Crippen molar-refractivity contribution in [2.75, 3.05) is 0 Å². The Labute approximate surface area is 112 Å². The molecule has 2 rings (SSSR count). The second-order valence-electron chi connectivity index (χ2n) is 4.49. The van der Waals surface area contributed by atoms with Gasteiger partial charge >= 0.3 is 5.97 Å². The van der Waals surface area contributed by atoms with Crippen LogP contribution in [-0.4, -0.2) is 16.2 Å². The van der Waals surface area contributed by atoms with Crippen molar-refractivity contribution in [1.82, 2.24) is 5.16 Å². The predicted molar refractivity (Wildman–Crippen MR) is 72.1 cm³/mol. The Morgan fingerprint density at radius 2 is 2.11 bits per heavy atom. The number of aromatic nitrogens is 1. The first-order valence-electron chi connectivity index (χ1n) is 6.50. The molecule has 0 unspecified atom stereocenters. The van der Waals surface area contributed by atoms with Crippen LogP contribution < -0.4 is 0 Å². The van der Waals surface area contributed by atoms with Gasteiger partial charge in [-0.2, -0.15) is 0 Å². The van der Waals surface area contributed by atoms with Crippen LogP contribution in [0, 0.1) is 0 Å². The van der Waals surface area contributed by atoms with Crippen LogP contribution in [0.5, 0.6) is 0 Å². The first-order valence-corrected chi connectivity index (χ1v) is 6.50. The molecular formula is C15H17NO3. The smallest absolute Gasteiger partial charge is 0.336 e. The SMILES string of the molecule is CCCCCc1cc(-c2ccccc2C(=O)O)no1. The minimum atomic E-state index is -0.953. The van der Waals surface area contributed by atoms with Gasteiger partial charge in [0.1, 0.15) is 11.5 Å². The first kappa shape index (κ1) is 13.3. The molecule has 0 spiro atoms. The molecule has 0 atom stereocenters. The molecule has 0 saturated carbocycles. The van der Waals surface area contributed by atoms with E-state index in [9.17, 15) is 4.79 Å². The van der Waals surface area contributed by atoms with Crippen molar-refractivity contribution < 1.29 is 14.4 Å². The number of hydrogen-bond acceptors (Lipinski definition) is 3. The van der Waals surface area contributed by atoms with Gasteiger partial charge in [-0.3, -0.25) is 0 Å². The van der Waals surface area contributed by atoms with Gasteiger partial charge < -0.3 is 9.63 Å². The lowest BCUT2D eigenvalue weighted by Gasteiger charge is -2.00. The number of carbonyl (C=O) groups is 1. The van der Waals surface area contributed by atoms with Crippen LogP contribution in [0.15, 0.2) is 34.9 Å². The van der Waals surface area contributed by atoms with Crippen LogP contribution >= 0.6 is 0 Å². The molecule has 0 radical (unpaired) electrons. The van der Waals surface area contributed by atoms with Crippen LogP contribution in [0.25, 0.3) is 11.3 Å². The van der Waals surface area contributed by atoms with Gasteiger partial charge in [0.25, 0.3) is 0 Å². The number of rotatable bonds is 6. The van der Waals surface area contributed by atoms with E-state index >= 15 is 0 Å². The lowest BCUT2D eigenvalue weighted by molar-refractivity contribution is 0.0697. The predicted octanol–water partition coefficient (Wildman–Crippen LogP) is 3.77. The Kier molecular flexibility index (Phi) is 4.34. The Hall–Kier alpha value is -2.10. The van der Waals surface area contributed by atoms with Crippen molar-refractivity contribution in [3.8, 4) is 11.3 Å². The van der Waals surface area contributed by atoms with E-state index in [2.05, 4.69) is 12.1 Å². The molecule has 0 fully saturated rings. The van der Waals surface area contributed by atoms with Crippen LogP contribution in [0.3, 0.4) is 0 Å². The number of aromatic carboxylic acids is 1. The number of unbranched alkanes of at least 4 members (excludes halogenated alkanes) is 2. The van der Waals surface area contributed by atoms with Gasteiger partial charge in [-0.15, -0.1) is 0 Å². The molecule has 2 aromatic rings. The monoisotopic (exact) mass is 259 g/mol. The van der Waals surface area contributed by atoms with E-state index in [0.29, 0.717) is 11.3 Å². The van der Waals surface area contributed by atoms with Crippen molar-refractivity contribution >= 4 is 5.97 Å². The lowest BCUT2D eigenvalue weighted by atomic mass is 10.0. The van der Waals surface area contributed by atoms with Crippen LogP contribution in [0.4, 0.5) is 0 Å². The van der Waals surface area contributed by atoms with Crippen molar-refractivity contribution in [2.45, 2.75) is 32.6 Å². The van der Waals surface area contributed by atoms with E-state index in [1.165, 1.54) is 0 Å². The minimum absolute atomic E-state index is 0.246. The highest BCUT2D eigenvalue weighted by Crippen LogP contribution is 2.24. The van der Waals surface area contributed by atoms with E-state index in [1.54, 1.807) is 24.3 Å². The van der Waals surface area contributed by atoms with Crippen molar-refractivity contribution in [1.29, 1.82) is 0 Å². The second-order valence-corrected chi connectivity index (χ2v) is 4.49. The van der Waals surface area contributed by atoms with Crippen molar-refractivity contribution in [3.63, 3.8) is 0 Å². The van der Waals surface area contributed by atoms with E-state index < -0.39 is 5.97 Å². The summed E-state index contributed by atoms with van der Waals surface area (Å²) in [6.07, 6.45) is 4.21. The highest BCUT2D eigenvalue weighted by Gasteiger charge is 2.14. The van der Waals surface area contributed by atoms with E-state index in [4.69, 9.17) is 9.63 Å². The fourth-order valence-electron chi connectivity index (χ4n) is 2.00. The van der Waals surface area contributed by atoms with Gasteiger partial charge in [-0.1, -0.05) is 43.1 Å². The van der Waals surface area contributed by atoms with Crippen molar-refractivity contribution in [3.05, 3.63) is 41.7 Å². The summed E-state index contributed by atoms with van der Waals surface area (Å²) in [5.74, 6) is -0.144. The number of benzene rings is 1. The summed E-state index contributed by atoms with van der Waals surface area (Å²) in [6.45, 7) is 2.15. The molecule has 4 nitrogen and oxygen atoms in total. The molecule has 100 valence electrons. The average molecular weight is 259 g/mol. The Bertz CT molecular complexity index is 560. The highest BCUT2D eigenvalue weighted by atomic mass is 16.5. The van der Waals surface area contributed by atoms with Gasteiger partial charge in [0.15, 0.2) is 0 Å². The van der Waals surface area contributed by atoms with E-state index in [1.807, 2.05) is 6.07 Å². The maximum absolute atomic E-state index is 11.2. The molecule has 0 aliphatic heterocycles. The van der Waals surface area contributed by atoms with Crippen LogP contribution in [0.1, 0.15) is 42.3 Å². The van der Waals surface area contributed by atoms with Crippen LogP contribution in [0.2, 0.25) is 0 Å². The van der Waals surface area contributed by atoms with Gasteiger partial charge in [0, 0.05) is 18.1 Å². The molecular weight excluding hydrogens is 242 g/mol. The number of hydrogen-bond donors (Lipinski definition) is 1.